The van der Waals surface area contributed by atoms with E-state index in [1.165, 1.54) is 70.5 Å². The average molecular weight is 642 g/mol. The van der Waals surface area contributed by atoms with Crippen molar-refractivity contribution in [2.24, 2.45) is 0 Å². The van der Waals surface area contributed by atoms with E-state index < -0.39 is 45.8 Å². The van der Waals surface area contributed by atoms with Gasteiger partial charge in [0, 0.05) is 41.7 Å². The number of halogens is 2. The number of nitrogens with one attached hydrogen (secondary N) is 2. The summed E-state index contributed by atoms with van der Waals surface area (Å²) >= 11 is 0. The highest BCUT2D eigenvalue weighted by Gasteiger charge is 2.31. The number of amides is 2. The summed E-state index contributed by atoms with van der Waals surface area (Å²) in [6.45, 7) is 2.00. The van der Waals surface area contributed by atoms with Gasteiger partial charge in [0.2, 0.25) is 10.0 Å². The summed E-state index contributed by atoms with van der Waals surface area (Å²) in [6, 6.07) is 14.6. The first-order valence-corrected chi connectivity index (χ1v) is 15.7. The number of furan rings is 1. The summed E-state index contributed by atoms with van der Waals surface area (Å²) < 4.78 is 65.0. The fourth-order valence-electron chi connectivity index (χ4n) is 4.88. The minimum Gasteiger partial charge on any atom is -0.467 e. The molecule has 0 aliphatic carbocycles. The van der Waals surface area contributed by atoms with Gasteiger partial charge >= 0.3 is 5.97 Å². The van der Waals surface area contributed by atoms with Crippen LogP contribution in [0.4, 0.5) is 14.5 Å². The van der Waals surface area contributed by atoms with Gasteiger partial charge < -0.3 is 19.8 Å². The van der Waals surface area contributed by atoms with Crippen LogP contribution in [0.2, 0.25) is 0 Å². The largest absolute Gasteiger partial charge is 0.467 e. The van der Waals surface area contributed by atoms with E-state index in [4.69, 9.17) is 9.15 Å². The monoisotopic (exact) mass is 641 g/mol. The Hall–Kier alpha value is -4.78. The number of fused-ring (bicyclic) bond motifs is 1. The number of benzene rings is 3. The third-order valence-corrected chi connectivity index (χ3v) is 8.27. The molecule has 0 spiro atoms. The molecule has 4 rings (SSSR count). The molecule has 0 aliphatic heterocycles. The van der Waals surface area contributed by atoms with E-state index in [0.717, 1.165) is 10.6 Å². The lowest BCUT2D eigenvalue weighted by atomic mass is 9.96. The average Bonchev–Trinajstić information content (AvgIpc) is 3.38. The quantitative estimate of drug-likeness (QED) is 0.218. The number of carbonyl (C=O) groups excluding carboxylic acids is 3. The number of hydrogen-bond acceptors (Lipinski definition) is 7. The number of methoxy groups -OCH3 is 1. The Labute approximate surface area is 259 Å². The van der Waals surface area contributed by atoms with Gasteiger partial charge in [0.15, 0.2) is 0 Å². The highest BCUT2D eigenvalue weighted by molar-refractivity contribution is 7.92. The van der Waals surface area contributed by atoms with Crippen LogP contribution in [-0.4, -0.2) is 65.4 Å². The standard InChI is InChI=1S/C32H33F2N3O7S/c1-32(2,31(40)43-4)36-29(38)21-9-6-8-20(16-21)23-17-24-26(18-25(23)37(15-7-14-33)45(5,41)42)44-28(27(24)30(39)35-3)19-10-12-22(34)13-11-19/h6,8-13,16-18H,7,14-15H2,1-5H3,(H,35,39)(H,36,38). The van der Waals surface area contributed by atoms with Crippen molar-refractivity contribution >= 4 is 44.5 Å². The van der Waals surface area contributed by atoms with Crippen LogP contribution in [0.5, 0.6) is 0 Å². The van der Waals surface area contributed by atoms with E-state index in [-0.39, 0.29) is 41.1 Å². The molecule has 0 saturated carbocycles. The Balaban J connectivity index is 2.00. The van der Waals surface area contributed by atoms with Gasteiger partial charge in [-0.25, -0.2) is 17.6 Å². The minimum atomic E-state index is -3.96. The number of nitrogens with zero attached hydrogens (tertiary/aromatic N) is 1. The predicted octanol–water partition coefficient (Wildman–Crippen LogP) is 5.07. The van der Waals surface area contributed by atoms with Crippen LogP contribution in [-0.2, 0) is 19.6 Å². The van der Waals surface area contributed by atoms with E-state index in [1.807, 2.05) is 0 Å². The molecule has 10 nitrogen and oxygen atoms in total. The van der Waals surface area contributed by atoms with Gasteiger partial charge in [-0.05, 0) is 68.3 Å². The zero-order valence-corrected chi connectivity index (χ0v) is 26.2. The van der Waals surface area contributed by atoms with Crippen LogP contribution in [0, 0.1) is 5.82 Å². The normalized spacial score (nSPS) is 11.7. The lowest BCUT2D eigenvalue weighted by Crippen LogP contribution is -2.50. The molecule has 0 saturated heterocycles. The first-order chi connectivity index (χ1) is 21.2. The second-order valence-electron chi connectivity index (χ2n) is 10.8. The van der Waals surface area contributed by atoms with Crippen molar-refractivity contribution < 1.29 is 40.7 Å². The van der Waals surface area contributed by atoms with Gasteiger partial charge in [-0.15, -0.1) is 0 Å². The third-order valence-electron chi connectivity index (χ3n) is 7.09. The highest BCUT2D eigenvalue weighted by atomic mass is 32.2. The number of anilines is 1. The topological polar surface area (TPSA) is 135 Å². The molecule has 2 N–H and O–H groups in total. The number of carbonyl (C=O) groups is 3. The molecule has 3 aromatic carbocycles. The van der Waals surface area contributed by atoms with Crippen molar-refractivity contribution in [1.29, 1.82) is 0 Å². The first kappa shape index (κ1) is 33.1. The number of alkyl halides is 1. The van der Waals surface area contributed by atoms with Crippen LogP contribution in [0.3, 0.4) is 0 Å². The fraction of sp³-hybridized carbons (Fsp3) is 0.281. The minimum absolute atomic E-state index is 0.0991. The Bertz CT molecular complexity index is 1870. The van der Waals surface area contributed by atoms with Crippen molar-refractivity contribution in [3.8, 4) is 22.5 Å². The number of sulfonamides is 1. The maximum absolute atomic E-state index is 13.7. The first-order valence-electron chi connectivity index (χ1n) is 13.9. The Kier molecular flexibility index (Phi) is 9.62. The van der Waals surface area contributed by atoms with Crippen molar-refractivity contribution in [3.63, 3.8) is 0 Å². The van der Waals surface area contributed by atoms with E-state index in [0.29, 0.717) is 22.1 Å². The Morgan fingerprint density at radius 2 is 1.69 bits per heavy atom. The third kappa shape index (κ3) is 6.98. The highest BCUT2D eigenvalue weighted by Crippen LogP contribution is 2.42. The van der Waals surface area contributed by atoms with Crippen molar-refractivity contribution in [2.75, 3.05) is 37.9 Å². The lowest BCUT2D eigenvalue weighted by molar-refractivity contribution is -0.146. The number of hydrogen-bond donors (Lipinski definition) is 2. The molecule has 2 amide bonds. The molecule has 0 fully saturated rings. The van der Waals surface area contributed by atoms with E-state index in [9.17, 15) is 31.6 Å². The molecular weight excluding hydrogens is 608 g/mol. The molecule has 45 heavy (non-hydrogen) atoms. The molecule has 0 unspecified atom stereocenters. The summed E-state index contributed by atoms with van der Waals surface area (Å²) in [6.07, 6.45) is 0.887. The van der Waals surface area contributed by atoms with Crippen LogP contribution < -0.4 is 14.9 Å². The second-order valence-corrected chi connectivity index (χ2v) is 12.7. The maximum atomic E-state index is 13.7. The predicted molar refractivity (Wildman–Crippen MR) is 167 cm³/mol. The van der Waals surface area contributed by atoms with Gasteiger partial charge in [-0.1, -0.05) is 12.1 Å². The van der Waals surface area contributed by atoms with E-state index in [1.54, 1.807) is 18.2 Å². The van der Waals surface area contributed by atoms with Crippen LogP contribution in [0.1, 0.15) is 41.0 Å². The number of rotatable bonds is 11. The van der Waals surface area contributed by atoms with E-state index >= 15 is 0 Å². The van der Waals surface area contributed by atoms with Gasteiger partial charge in [0.05, 0.1) is 31.3 Å². The lowest BCUT2D eigenvalue weighted by Gasteiger charge is -2.25. The molecule has 1 aromatic heterocycles. The number of esters is 1. The van der Waals surface area contributed by atoms with Gasteiger partial charge in [-0.3, -0.25) is 18.3 Å². The summed E-state index contributed by atoms with van der Waals surface area (Å²) in [4.78, 5) is 38.5. The molecule has 238 valence electrons. The zero-order chi connectivity index (χ0) is 33.1. The smallest absolute Gasteiger partial charge is 0.330 e. The molecule has 0 radical (unpaired) electrons. The molecule has 1 heterocycles. The Morgan fingerprint density at radius 3 is 2.29 bits per heavy atom. The summed E-state index contributed by atoms with van der Waals surface area (Å²) in [5, 5.41) is 5.51. The summed E-state index contributed by atoms with van der Waals surface area (Å²) in [7, 11) is -1.32. The van der Waals surface area contributed by atoms with Crippen molar-refractivity contribution in [2.45, 2.75) is 25.8 Å². The van der Waals surface area contributed by atoms with Crippen LogP contribution >= 0.6 is 0 Å². The second kappa shape index (κ2) is 13.1. The summed E-state index contributed by atoms with van der Waals surface area (Å²) in [5.41, 5.74) is 0.274. The van der Waals surface area contributed by atoms with Crippen LogP contribution in [0.25, 0.3) is 33.4 Å². The maximum Gasteiger partial charge on any atom is 0.330 e. The van der Waals surface area contributed by atoms with Crippen molar-refractivity contribution in [3.05, 3.63) is 77.6 Å². The molecule has 0 bridgehead atoms. The molecule has 0 atom stereocenters. The molecule has 4 aromatic rings. The van der Waals surface area contributed by atoms with Gasteiger partial charge in [0.1, 0.15) is 22.7 Å². The van der Waals surface area contributed by atoms with E-state index in [2.05, 4.69) is 10.6 Å². The van der Waals surface area contributed by atoms with Gasteiger partial charge in [-0.2, -0.15) is 0 Å². The molecule has 0 aliphatic rings. The Morgan fingerprint density at radius 1 is 1.00 bits per heavy atom. The van der Waals surface area contributed by atoms with Crippen LogP contribution in [0.15, 0.2) is 65.1 Å². The SMILES string of the molecule is CNC(=O)c1c(-c2ccc(F)cc2)oc2cc(N(CCCF)S(C)(=O)=O)c(-c3cccc(C(=O)NC(C)(C)C(=O)OC)c3)cc12. The molecular formula is C32H33F2N3O7S. The molecule has 13 heteroatoms. The van der Waals surface area contributed by atoms with Crippen molar-refractivity contribution in [1.82, 2.24) is 10.6 Å². The van der Waals surface area contributed by atoms with Gasteiger partial charge in [0.25, 0.3) is 11.8 Å². The fourth-order valence-corrected chi connectivity index (χ4v) is 5.85. The summed E-state index contributed by atoms with van der Waals surface area (Å²) in [5.74, 6) is -2.13. The zero-order valence-electron chi connectivity index (χ0n) is 25.4. The number of ether oxygens (including phenoxy) is 1.